The topological polar surface area (TPSA) is 67.9 Å². The van der Waals surface area contributed by atoms with Crippen molar-refractivity contribution in [2.24, 2.45) is 0 Å². The Bertz CT molecular complexity index is 835. The van der Waals surface area contributed by atoms with Gasteiger partial charge in [0, 0.05) is 12.7 Å². The maximum Gasteiger partial charge on any atom is 0.243 e. The summed E-state index contributed by atoms with van der Waals surface area (Å²) in [6, 6.07) is 13.1. The van der Waals surface area contributed by atoms with Crippen LogP contribution in [0, 0.1) is 0 Å². The maximum absolute atomic E-state index is 12.5. The molecular weight excluding hydrogens is 344 g/mol. The number of rotatable bonds is 6. The Morgan fingerprint density at radius 3 is 2.59 bits per heavy atom. The van der Waals surface area contributed by atoms with Crippen molar-refractivity contribution >= 4 is 17.5 Å². The van der Waals surface area contributed by atoms with E-state index in [9.17, 15) is 9.59 Å². The van der Waals surface area contributed by atoms with Gasteiger partial charge < -0.3 is 19.7 Å². The highest BCUT2D eigenvalue weighted by atomic mass is 16.6. The molecule has 0 aromatic heterocycles. The summed E-state index contributed by atoms with van der Waals surface area (Å²) in [5.74, 6) is 1.00. The molecule has 142 valence electrons. The fourth-order valence-corrected chi connectivity index (χ4v) is 2.95. The Balaban J connectivity index is 1.56. The third kappa shape index (κ3) is 4.78. The molecule has 3 rings (SSSR count). The van der Waals surface area contributed by atoms with Gasteiger partial charge in [0.1, 0.15) is 13.2 Å². The normalized spacial score (nSPS) is 12.4. The minimum Gasteiger partial charge on any atom is -0.486 e. The van der Waals surface area contributed by atoms with E-state index in [4.69, 9.17) is 9.47 Å². The maximum atomic E-state index is 12.5. The van der Waals surface area contributed by atoms with Gasteiger partial charge in [-0.2, -0.15) is 0 Å². The Morgan fingerprint density at radius 1 is 1.07 bits per heavy atom. The summed E-state index contributed by atoms with van der Waals surface area (Å²) in [7, 11) is 1.63. The zero-order valence-corrected chi connectivity index (χ0v) is 15.7. The van der Waals surface area contributed by atoms with Crippen LogP contribution in [0.15, 0.2) is 42.5 Å². The number of benzene rings is 2. The highest BCUT2D eigenvalue weighted by Gasteiger charge is 2.17. The van der Waals surface area contributed by atoms with E-state index in [1.165, 1.54) is 4.90 Å². The van der Waals surface area contributed by atoms with Gasteiger partial charge in [-0.05, 0) is 35.7 Å². The lowest BCUT2D eigenvalue weighted by molar-refractivity contribution is -0.132. The van der Waals surface area contributed by atoms with Crippen LogP contribution in [0.1, 0.15) is 18.1 Å². The minimum absolute atomic E-state index is 0.00142. The number of amides is 2. The van der Waals surface area contributed by atoms with Crippen LogP contribution in [0.5, 0.6) is 11.5 Å². The number of para-hydroxylation sites is 1. The standard InChI is InChI=1S/C21H24N2O4/c1-3-16-6-4-5-7-17(16)22-20(24)14-23(2)21(25)13-15-8-9-18-19(12-15)27-11-10-26-18/h4-9,12H,3,10-11,13-14H2,1-2H3,(H,22,24). The monoisotopic (exact) mass is 368 g/mol. The molecule has 0 radical (unpaired) electrons. The average molecular weight is 368 g/mol. The van der Waals surface area contributed by atoms with Crippen LogP contribution in [-0.2, 0) is 22.4 Å². The largest absolute Gasteiger partial charge is 0.486 e. The summed E-state index contributed by atoms with van der Waals surface area (Å²) in [5, 5.41) is 2.88. The third-order valence-electron chi connectivity index (χ3n) is 4.44. The van der Waals surface area contributed by atoms with Crippen LogP contribution in [0.25, 0.3) is 0 Å². The number of anilines is 1. The second-order valence-electron chi connectivity index (χ2n) is 6.46. The van der Waals surface area contributed by atoms with Gasteiger partial charge in [-0.25, -0.2) is 0 Å². The lowest BCUT2D eigenvalue weighted by Gasteiger charge is -2.20. The van der Waals surface area contributed by atoms with Gasteiger partial charge >= 0.3 is 0 Å². The predicted molar refractivity (Wildman–Crippen MR) is 103 cm³/mol. The molecule has 1 aliphatic heterocycles. The molecule has 0 atom stereocenters. The van der Waals surface area contributed by atoms with Crippen LogP contribution < -0.4 is 14.8 Å². The van der Waals surface area contributed by atoms with Gasteiger partial charge in [0.05, 0.1) is 13.0 Å². The summed E-state index contributed by atoms with van der Waals surface area (Å²) in [5.41, 5.74) is 2.68. The number of aryl methyl sites for hydroxylation is 1. The Hall–Kier alpha value is -3.02. The average Bonchev–Trinajstić information content (AvgIpc) is 2.68. The highest BCUT2D eigenvalue weighted by molar-refractivity contribution is 5.95. The molecule has 2 aromatic rings. The SMILES string of the molecule is CCc1ccccc1NC(=O)CN(C)C(=O)Cc1ccc2c(c1)OCCO2. The molecule has 0 saturated heterocycles. The van der Waals surface area contributed by atoms with Gasteiger partial charge in [0.15, 0.2) is 11.5 Å². The molecule has 2 amide bonds. The van der Waals surface area contributed by atoms with Crippen molar-refractivity contribution in [3.63, 3.8) is 0 Å². The van der Waals surface area contributed by atoms with Gasteiger partial charge in [0.25, 0.3) is 0 Å². The van der Waals surface area contributed by atoms with E-state index in [0.29, 0.717) is 24.7 Å². The van der Waals surface area contributed by atoms with Crippen LogP contribution in [0.4, 0.5) is 5.69 Å². The molecule has 0 fully saturated rings. The third-order valence-corrected chi connectivity index (χ3v) is 4.44. The molecule has 27 heavy (non-hydrogen) atoms. The first-order valence-electron chi connectivity index (χ1n) is 9.07. The molecule has 2 aromatic carbocycles. The number of ether oxygens (including phenoxy) is 2. The molecule has 0 spiro atoms. The van der Waals surface area contributed by atoms with Crippen molar-refractivity contribution in [1.82, 2.24) is 4.90 Å². The molecule has 1 N–H and O–H groups in total. The Kier molecular flexibility index (Phi) is 5.96. The summed E-state index contributed by atoms with van der Waals surface area (Å²) >= 11 is 0. The van der Waals surface area contributed by atoms with Crippen LogP contribution >= 0.6 is 0 Å². The summed E-state index contributed by atoms with van der Waals surface area (Å²) in [4.78, 5) is 26.2. The van der Waals surface area contributed by atoms with Crippen molar-refractivity contribution < 1.29 is 19.1 Å². The predicted octanol–water partition coefficient (Wildman–Crippen LogP) is 2.66. The van der Waals surface area contributed by atoms with E-state index >= 15 is 0 Å². The van der Waals surface area contributed by atoms with Crippen molar-refractivity contribution in [2.45, 2.75) is 19.8 Å². The highest BCUT2D eigenvalue weighted by Crippen LogP contribution is 2.30. The van der Waals surface area contributed by atoms with Crippen LogP contribution in [0.3, 0.4) is 0 Å². The molecule has 0 bridgehead atoms. The van der Waals surface area contributed by atoms with E-state index in [1.807, 2.05) is 49.4 Å². The van der Waals surface area contributed by atoms with E-state index in [2.05, 4.69) is 5.32 Å². The minimum atomic E-state index is -0.214. The molecule has 6 heteroatoms. The molecule has 6 nitrogen and oxygen atoms in total. The van der Waals surface area contributed by atoms with Crippen LogP contribution in [-0.4, -0.2) is 43.5 Å². The second-order valence-corrected chi connectivity index (χ2v) is 6.46. The van der Waals surface area contributed by atoms with Crippen molar-refractivity contribution in [3.05, 3.63) is 53.6 Å². The number of likely N-dealkylation sites (N-methyl/N-ethyl adjacent to an activating group) is 1. The fraction of sp³-hybridized carbons (Fsp3) is 0.333. The first kappa shape index (κ1) is 18.8. The van der Waals surface area contributed by atoms with Gasteiger partial charge in [-0.15, -0.1) is 0 Å². The van der Waals surface area contributed by atoms with E-state index in [-0.39, 0.29) is 24.8 Å². The number of carbonyl (C=O) groups excluding carboxylic acids is 2. The molecule has 0 aliphatic carbocycles. The summed E-state index contributed by atoms with van der Waals surface area (Å²) in [6.45, 7) is 3.07. The molecule has 0 unspecified atom stereocenters. The van der Waals surface area contributed by atoms with Gasteiger partial charge in [-0.3, -0.25) is 9.59 Å². The molecule has 1 aliphatic rings. The van der Waals surface area contributed by atoms with Gasteiger partial charge in [0.2, 0.25) is 11.8 Å². The van der Waals surface area contributed by atoms with E-state index in [0.717, 1.165) is 23.2 Å². The number of carbonyl (C=O) groups is 2. The number of nitrogens with one attached hydrogen (secondary N) is 1. The lowest BCUT2D eigenvalue weighted by Crippen LogP contribution is -2.36. The van der Waals surface area contributed by atoms with E-state index in [1.54, 1.807) is 7.05 Å². The van der Waals surface area contributed by atoms with Crippen LogP contribution in [0.2, 0.25) is 0 Å². The number of fused-ring (bicyclic) bond motifs is 1. The summed E-state index contributed by atoms with van der Waals surface area (Å²) < 4.78 is 11.0. The smallest absolute Gasteiger partial charge is 0.243 e. The number of nitrogens with zero attached hydrogens (tertiary/aromatic N) is 1. The number of hydrogen-bond acceptors (Lipinski definition) is 4. The molecular formula is C21H24N2O4. The number of hydrogen-bond donors (Lipinski definition) is 1. The fourth-order valence-electron chi connectivity index (χ4n) is 2.95. The molecule has 1 heterocycles. The van der Waals surface area contributed by atoms with Gasteiger partial charge in [-0.1, -0.05) is 31.2 Å². The quantitative estimate of drug-likeness (QED) is 0.851. The lowest BCUT2D eigenvalue weighted by atomic mass is 10.1. The zero-order valence-electron chi connectivity index (χ0n) is 15.7. The first-order chi connectivity index (χ1) is 13.1. The van der Waals surface area contributed by atoms with Crippen molar-refractivity contribution in [1.29, 1.82) is 0 Å². The Morgan fingerprint density at radius 2 is 1.81 bits per heavy atom. The Labute approximate surface area is 159 Å². The van der Waals surface area contributed by atoms with Crippen molar-refractivity contribution in [3.8, 4) is 11.5 Å². The first-order valence-corrected chi connectivity index (χ1v) is 9.07. The molecule has 0 saturated carbocycles. The summed E-state index contributed by atoms with van der Waals surface area (Å²) in [6.07, 6.45) is 1.03. The van der Waals surface area contributed by atoms with E-state index < -0.39 is 0 Å². The second kappa shape index (κ2) is 8.58. The zero-order chi connectivity index (χ0) is 19.2. The van der Waals surface area contributed by atoms with Crippen molar-refractivity contribution in [2.75, 3.05) is 32.1 Å².